The van der Waals surface area contributed by atoms with Crippen LogP contribution in [0.4, 0.5) is 0 Å². The van der Waals surface area contributed by atoms with Crippen LogP contribution in [0.3, 0.4) is 0 Å². The van der Waals surface area contributed by atoms with Crippen LogP contribution in [0.1, 0.15) is 19.0 Å². The summed E-state index contributed by atoms with van der Waals surface area (Å²) in [5, 5.41) is 13.2. The average molecular weight is 287 g/mol. The second-order valence-corrected chi connectivity index (χ2v) is 7.11. The third-order valence-electron chi connectivity index (χ3n) is 3.54. The van der Waals surface area contributed by atoms with Gasteiger partial charge in [0.2, 0.25) is 10.0 Å². The lowest BCUT2D eigenvalue weighted by molar-refractivity contribution is -0.146. The van der Waals surface area contributed by atoms with Crippen molar-refractivity contribution in [1.29, 1.82) is 0 Å². The van der Waals surface area contributed by atoms with Gasteiger partial charge in [0.1, 0.15) is 4.90 Å². The van der Waals surface area contributed by atoms with Crippen LogP contribution in [0.25, 0.3) is 0 Å². The molecule has 7 nitrogen and oxygen atoms in total. The van der Waals surface area contributed by atoms with Gasteiger partial charge in [-0.15, -0.1) is 0 Å². The first-order chi connectivity index (χ1) is 8.67. The predicted octanol–water partition coefficient (Wildman–Crippen LogP) is 0.214. The van der Waals surface area contributed by atoms with Gasteiger partial charge in [0.05, 0.1) is 11.1 Å². The van der Waals surface area contributed by atoms with Gasteiger partial charge in [-0.3, -0.25) is 9.48 Å². The third kappa shape index (κ3) is 2.25. The molecule has 0 amide bonds. The first-order valence-corrected chi connectivity index (χ1v) is 7.35. The van der Waals surface area contributed by atoms with E-state index >= 15 is 0 Å². The van der Waals surface area contributed by atoms with Crippen LogP contribution in [0.15, 0.2) is 11.1 Å². The molecule has 1 fully saturated rings. The molecular weight excluding hydrogens is 270 g/mol. The number of aliphatic carboxylic acids is 1. The topological polar surface area (TPSA) is 92.5 Å². The Morgan fingerprint density at radius 3 is 2.58 bits per heavy atom. The number of rotatable bonds is 3. The monoisotopic (exact) mass is 287 g/mol. The van der Waals surface area contributed by atoms with Crippen molar-refractivity contribution in [3.63, 3.8) is 0 Å². The Balaban J connectivity index is 2.33. The number of nitrogens with zero attached hydrogens (tertiary/aromatic N) is 3. The van der Waals surface area contributed by atoms with Crippen LogP contribution in [-0.2, 0) is 21.9 Å². The highest BCUT2D eigenvalue weighted by atomic mass is 32.2. The number of aromatic nitrogens is 2. The molecule has 1 saturated heterocycles. The van der Waals surface area contributed by atoms with Crippen LogP contribution >= 0.6 is 0 Å². The Morgan fingerprint density at radius 2 is 2.16 bits per heavy atom. The first-order valence-electron chi connectivity index (χ1n) is 5.91. The lowest BCUT2D eigenvalue weighted by Gasteiger charge is -2.19. The van der Waals surface area contributed by atoms with Gasteiger partial charge < -0.3 is 5.11 Å². The zero-order valence-corrected chi connectivity index (χ0v) is 11.9. The van der Waals surface area contributed by atoms with E-state index in [0.29, 0.717) is 12.1 Å². The maximum absolute atomic E-state index is 12.5. The molecule has 1 aliphatic rings. The molecule has 0 aliphatic carbocycles. The van der Waals surface area contributed by atoms with Crippen LogP contribution < -0.4 is 0 Å². The Kier molecular flexibility index (Phi) is 3.18. The van der Waals surface area contributed by atoms with Crippen molar-refractivity contribution in [3.05, 3.63) is 11.9 Å². The molecule has 1 aliphatic heterocycles. The second kappa shape index (κ2) is 4.31. The van der Waals surface area contributed by atoms with Crippen LogP contribution in [0.2, 0.25) is 0 Å². The van der Waals surface area contributed by atoms with E-state index in [-0.39, 0.29) is 18.0 Å². The number of carboxylic acids is 1. The van der Waals surface area contributed by atoms with Gasteiger partial charge in [0, 0.05) is 26.3 Å². The summed E-state index contributed by atoms with van der Waals surface area (Å²) < 4.78 is 27.6. The third-order valence-corrected chi connectivity index (χ3v) is 5.49. The molecule has 0 spiro atoms. The molecule has 0 radical (unpaired) electrons. The van der Waals surface area contributed by atoms with Crippen molar-refractivity contribution in [3.8, 4) is 0 Å². The fourth-order valence-corrected chi connectivity index (χ4v) is 4.03. The molecule has 2 heterocycles. The zero-order valence-electron chi connectivity index (χ0n) is 11.1. The summed E-state index contributed by atoms with van der Waals surface area (Å²) in [4.78, 5) is 11.3. The molecule has 2 rings (SSSR count). The van der Waals surface area contributed by atoms with Crippen molar-refractivity contribution in [2.45, 2.75) is 25.2 Å². The maximum atomic E-state index is 12.5. The van der Waals surface area contributed by atoms with Gasteiger partial charge in [-0.05, 0) is 20.3 Å². The summed E-state index contributed by atoms with van der Waals surface area (Å²) in [5.74, 6) is -0.965. The largest absolute Gasteiger partial charge is 0.481 e. The molecule has 8 heteroatoms. The molecule has 1 aromatic rings. The Hall–Kier alpha value is -1.41. The number of aryl methyl sites for hydroxylation is 2. The quantitative estimate of drug-likeness (QED) is 0.858. The van der Waals surface area contributed by atoms with E-state index in [2.05, 4.69) is 5.10 Å². The normalized spacial score (nSPS) is 24.8. The summed E-state index contributed by atoms with van der Waals surface area (Å²) in [6, 6.07) is 0. The number of hydrogen-bond donors (Lipinski definition) is 1. The SMILES string of the molecule is Cc1nn(C)cc1S(=O)(=O)N1CCC(C)(C(=O)O)C1. The zero-order chi connectivity index (χ0) is 14.4. The maximum Gasteiger partial charge on any atom is 0.310 e. The van der Waals surface area contributed by atoms with Crippen molar-refractivity contribution in [2.24, 2.45) is 12.5 Å². The highest BCUT2D eigenvalue weighted by Gasteiger charge is 2.45. The van der Waals surface area contributed by atoms with Gasteiger partial charge in [-0.1, -0.05) is 0 Å². The van der Waals surface area contributed by atoms with Crippen molar-refractivity contribution in [2.75, 3.05) is 13.1 Å². The van der Waals surface area contributed by atoms with E-state index in [4.69, 9.17) is 5.11 Å². The van der Waals surface area contributed by atoms with E-state index < -0.39 is 21.4 Å². The minimum atomic E-state index is -3.67. The fourth-order valence-electron chi connectivity index (χ4n) is 2.27. The standard InChI is InChI=1S/C11H17N3O4S/c1-8-9(6-13(3)12-8)19(17,18)14-5-4-11(2,7-14)10(15)16/h6H,4-5,7H2,1-3H3,(H,15,16). The minimum absolute atomic E-state index is 0.000991. The smallest absolute Gasteiger partial charge is 0.310 e. The van der Waals surface area contributed by atoms with E-state index in [1.54, 1.807) is 20.9 Å². The molecule has 19 heavy (non-hydrogen) atoms. The summed E-state index contributed by atoms with van der Waals surface area (Å²) in [5.41, 5.74) is -0.588. The van der Waals surface area contributed by atoms with Gasteiger partial charge in [-0.2, -0.15) is 9.40 Å². The lowest BCUT2D eigenvalue weighted by atomic mass is 9.90. The first kappa shape index (κ1) is 14.0. The summed E-state index contributed by atoms with van der Waals surface area (Å²) in [6.45, 7) is 3.42. The van der Waals surface area contributed by atoms with E-state index in [1.165, 1.54) is 15.2 Å². The molecule has 1 N–H and O–H groups in total. The molecule has 0 saturated carbocycles. The fraction of sp³-hybridized carbons (Fsp3) is 0.636. The number of hydrogen-bond acceptors (Lipinski definition) is 4. The minimum Gasteiger partial charge on any atom is -0.481 e. The Morgan fingerprint density at radius 1 is 1.53 bits per heavy atom. The van der Waals surface area contributed by atoms with Crippen LogP contribution in [0.5, 0.6) is 0 Å². The van der Waals surface area contributed by atoms with Crippen molar-refractivity contribution < 1.29 is 18.3 Å². The highest BCUT2D eigenvalue weighted by Crippen LogP contribution is 2.34. The van der Waals surface area contributed by atoms with Gasteiger partial charge >= 0.3 is 5.97 Å². The van der Waals surface area contributed by atoms with Gasteiger partial charge in [0.25, 0.3) is 0 Å². The van der Waals surface area contributed by atoms with Gasteiger partial charge in [0.15, 0.2) is 0 Å². The summed E-state index contributed by atoms with van der Waals surface area (Å²) in [6.07, 6.45) is 1.77. The van der Waals surface area contributed by atoms with E-state index in [1.807, 2.05) is 0 Å². The molecule has 1 atom stereocenters. The number of carboxylic acid groups (broad SMARTS) is 1. The molecule has 106 valence electrons. The number of carbonyl (C=O) groups is 1. The average Bonchev–Trinajstić information content (AvgIpc) is 2.84. The van der Waals surface area contributed by atoms with Gasteiger partial charge in [-0.25, -0.2) is 8.42 Å². The highest BCUT2D eigenvalue weighted by molar-refractivity contribution is 7.89. The van der Waals surface area contributed by atoms with Crippen LogP contribution in [-0.4, -0.2) is 46.7 Å². The molecule has 1 aromatic heterocycles. The molecule has 0 aromatic carbocycles. The van der Waals surface area contributed by atoms with E-state index in [0.717, 1.165) is 0 Å². The molecule has 1 unspecified atom stereocenters. The predicted molar refractivity (Wildman–Crippen MR) is 67.1 cm³/mol. The lowest BCUT2D eigenvalue weighted by Crippen LogP contribution is -2.35. The molecular formula is C11H17N3O4S. The van der Waals surface area contributed by atoms with Crippen molar-refractivity contribution >= 4 is 16.0 Å². The van der Waals surface area contributed by atoms with Crippen LogP contribution in [0, 0.1) is 12.3 Å². The Labute approximate surface area is 111 Å². The second-order valence-electron chi connectivity index (χ2n) is 5.21. The summed E-state index contributed by atoms with van der Waals surface area (Å²) in [7, 11) is -2.02. The molecule has 0 bridgehead atoms. The number of sulfonamides is 1. The van der Waals surface area contributed by atoms with Crippen molar-refractivity contribution in [1.82, 2.24) is 14.1 Å². The summed E-state index contributed by atoms with van der Waals surface area (Å²) >= 11 is 0. The van der Waals surface area contributed by atoms with E-state index in [9.17, 15) is 13.2 Å². The Bertz CT molecular complexity index is 622.